The van der Waals surface area contributed by atoms with Gasteiger partial charge in [-0.25, -0.2) is 0 Å². The minimum atomic E-state index is -0.754. The third kappa shape index (κ3) is 3.91. The average molecular weight is 271 g/mol. The van der Waals surface area contributed by atoms with Crippen LogP contribution in [0.3, 0.4) is 0 Å². The fourth-order valence-corrected chi connectivity index (χ4v) is 2.12. The van der Waals surface area contributed by atoms with Gasteiger partial charge in [0.2, 0.25) is 0 Å². The van der Waals surface area contributed by atoms with Crippen molar-refractivity contribution >= 4 is 17.6 Å². The fourth-order valence-electron chi connectivity index (χ4n) is 1.95. The Morgan fingerprint density at radius 1 is 1.50 bits per heavy atom. The van der Waals surface area contributed by atoms with Gasteiger partial charge in [-0.3, -0.25) is 4.79 Å². The van der Waals surface area contributed by atoms with Crippen molar-refractivity contribution in [1.82, 2.24) is 0 Å². The van der Waals surface area contributed by atoms with E-state index in [-0.39, 0.29) is 12.3 Å². The molecule has 1 rings (SSSR count). The molecule has 0 aliphatic rings. The minimum Gasteiger partial charge on any atom is -0.496 e. The van der Waals surface area contributed by atoms with E-state index in [1.807, 2.05) is 19.1 Å². The molecule has 0 radical (unpaired) electrons. The lowest BCUT2D eigenvalue weighted by molar-refractivity contribution is -0.137. The number of aryl methyl sites for hydroxylation is 1. The van der Waals surface area contributed by atoms with E-state index in [2.05, 4.69) is 6.92 Å². The second-order valence-corrected chi connectivity index (χ2v) is 4.94. The van der Waals surface area contributed by atoms with Crippen LogP contribution in [0.2, 0.25) is 5.02 Å². The zero-order chi connectivity index (χ0) is 13.7. The Bertz CT molecular complexity index is 429. The van der Waals surface area contributed by atoms with Crippen molar-refractivity contribution in [2.24, 2.45) is 0 Å². The van der Waals surface area contributed by atoms with E-state index in [1.165, 1.54) is 0 Å². The summed E-state index contributed by atoms with van der Waals surface area (Å²) in [6.07, 6.45) is 1.67. The summed E-state index contributed by atoms with van der Waals surface area (Å²) in [7, 11) is 1.64. The SMILES string of the molecule is COc1cc(C)c(Cl)cc1C(C)CCCC(=O)O. The summed E-state index contributed by atoms with van der Waals surface area (Å²) in [5.41, 5.74) is 2.02. The summed E-state index contributed by atoms with van der Waals surface area (Å²) in [6, 6.07) is 3.84. The Morgan fingerprint density at radius 3 is 2.72 bits per heavy atom. The lowest BCUT2D eigenvalue weighted by Crippen LogP contribution is -2.01. The van der Waals surface area contributed by atoms with Crippen molar-refractivity contribution in [3.63, 3.8) is 0 Å². The van der Waals surface area contributed by atoms with Crippen LogP contribution in [0.15, 0.2) is 12.1 Å². The van der Waals surface area contributed by atoms with Gasteiger partial charge in [-0.05, 0) is 48.9 Å². The lowest BCUT2D eigenvalue weighted by Gasteiger charge is -2.17. The summed E-state index contributed by atoms with van der Waals surface area (Å²) >= 11 is 6.12. The topological polar surface area (TPSA) is 46.5 Å². The molecule has 0 heterocycles. The van der Waals surface area contributed by atoms with Gasteiger partial charge in [0.1, 0.15) is 5.75 Å². The Kier molecular flexibility index (Phi) is 5.48. The van der Waals surface area contributed by atoms with Gasteiger partial charge in [-0.1, -0.05) is 18.5 Å². The quantitative estimate of drug-likeness (QED) is 0.849. The molecule has 1 aromatic rings. The van der Waals surface area contributed by atoms with Crippen molar-refractivity contribution in [2.45, 2.75) is 39.0 Å². The van der Waals surface area contributed by atoms with E-state index in [0.29, 0.717) is 6.42 Å². The average Bonchev–Trinajstić information content (AvgIpc) is 2.31. The Balaban J connectivity index is 2.80. The van der Waals surface area contributed by atoms with Gasteiger partial charge < -0.3 is 9.84 Å². The zero-order valence-corrected chi connectivity index (χ0v) is 11.8. The van der Waals surface area contributed by atoms with Crippen molar-refractivity contribution in [3.8, 4) is 5.75 Å². The predicted octanol–water partition coefficient (Wildman–Crippen LogP) is 4.02. The molecule has 0 saturated carbocycles. The second kappa shape index (κ2) is 6.64. The zero-order valence-electron chi connectivity index (χ0n) is 11.0. The molecule has 1 unspecified atom stereocenters. The molecule has 0 aliphatic heterocycles. The number of hydrogen-bond donors (Lipinski definition) is 1. The second-order valence-electron chi connectivity index (χ2n) is 4.53. The van der Waals surface area contributed by atoms with E-state index >= 15 is 0 Å². The van der Waals surface area contributed by atoms with E-state index in [9.17, 15) is 4.79 Å². The van der Waals surface area contributed by atoms with Crippen LogP contribution >= 0.6 is 11.6 Å². The highest BCUT2D eigenvalue weighted by atomic mass is 35.5. The van der Waals surface area contributed by atoms with Crippen LogP contribution in [0.25, 0.3) is 0 Å². The number of hydrogen-bond acceptors (Lipinski definition) is 2. The Labute approximate surface area is 113 Å². The molecule has 1 atom stereocenters. The van der Waals surface area contributed by atoms with E-state index in [0.717, 1.165) is 28.3 Å². The summed E-state index contributed by atoms with van der Waals surface area (Å²) < 4.78 is 5.35. The maximum absolute atomic E-state index is 10.5. The maximum atomic E-state index is 10.5. The first-order valence-electron chi connectivity index (χ1n) is 6.01. The maximum Gasteiger partial charge on any atom is 0.303 e. The number of carboxylic acid groups (broad SMARTS) is 1. The molecular formula is C14H19ClO3. The standard InChI is InChI=1S/C14H19ClO3/c1-9(5-4-6-14(16)17)11-8-12(15)10(2)7-13(11)18-3/h7-9H,4-6H2,1-3H3,(H,16,17). The fraction of sp³-hybridized carbons (Fsp3) is 0.500. The smallest absolute Gasteiger partial charge is 0.303 e. The van der Waals surface area contributed by atoms with Crippen LogP contribution < -0.4 is 4.74 Å². The van der Waals surface area contributed by atoms with Crippen LogP contribution in [-0.2, 0) is 4.79 Å². The summed E-state index contributed by atoms with van der Waals surface area (Å²) in [4.78, 5) is 10.5. The predicted molar refractivity (Wildman–Crippen MR) is 72.6 cm³/mol. The number of ether oxygens (including phenoxy) is 1. The number of halogens is 1. The van der Waals surface area contributed by atoms with Gasteiger partial charge in [0.25, 0.3) is 0 Å². The number of carbonyl (C=O) groups is 1. The molecule has 0 aromatic heterocycles. The molecule has 100 valence electrons. The number of carboxylic acids is 1. The molecule has 0 saturated heterocycles. The van der Waals surface area contributed by atoms with Gasteiger partial charge in [0, 0.05) is 11.4 Å². The molecule has 3 nitrogen and oxygen atoms in total. The van der Waals surface area contributed by atoms with Crippen LogP contribution in [0, 0.1) is 6.92 Å². The van der Waals surface area contributed by atoms with Crippen molar-refractivity contribution in [3.05, 3.63) is 28.3 Å². The molecule has 0 amide bonds. The molecule has 18 heavy (non-hydrogen) atoms. The third-order valence-corrected chi connectivity index (χ3v) is 3.48. The van der Waals surface area contributed by atoms with Crippen LogP contribution in [0.1, 0.15) is 43.2 Å². The first-order chi connectivity index (χ1) is 8.45. The minimum absolute atomic E-state index is 0.201. The first-order valence-corrected chi connectivity index (χ1v) is 6.39. The molecule has 1 aromatic carbocycles. The first kappa shape index (κ1) is 14.8. The summed E-state index contributed by atoms with van der Waals surface area (Å²) in [6.45, 7) is 4.00. The molecule has 0 spiro atoms. The van der Waals surface area contributed by atoms with Crippen LogP contribution in [-0.4, -0.2) is 18.2 Å². The monoisotopic (exact) mass is 270 g/mol. The van der Waals surface area contributed by atoms with Crippen molar-refractivity contribution in [2.75, 3.05) is 7.11 Å². The number of methoxy groups -OCH3 is 1. The summed E-state index contributed by atoms with van der Waals surface area (Å²) in [5, 5.41) is 9.35. The summed E-state index contributed by atoms with van der Waals surface area (Å²) in [5.74, 6) is 0.299. The molecule has 1 N–H and O–H groups in total. The highest BCUT2D eigenvalue weighted by molar-refractivity contribution is 6.31. The van der Waals surface area contributed by atoms with Crippen molar-refractivity contribution in [1.29, 1.82) is 0 Å². The molecule has 4 heteroatoms. The van der Waals surface area contributed by atoms with Gasteiger partial charge in [0.05, 0.1) is 7.11 Å². The number of rotatable bonds is 6. The van der Waals surface area contributed by atoms with Gasteiger partial charge in [-0.15, -0.1) is 0 Å². The van der Waals surface area contributed by atoms with Crippen LogP contribution in [0.5, 0.6) is 5.75 Å². The van der Waals surface area contributed by atoms with Gasteiger partial charge in [0.15, 0.2) is 0 Å². The molecule has 0 aliphatic carbocycles. The normalized spacial score (nSPS) is 12.2. The van der Waals surface area contributed by atoms with E-state index in [1.54, 1.807) is 7.11 Å². The molecular weight excluding hydrogens is 252 g/mol. The highest BCUT2D eigenvalue weighted by Crippen LogP contribution is 2.34. The van der Waals surface area contributed by atoms with Gasteiger partial charge >= 0.3 is 5.97 Å². The van der Waals surface area contributed by atoms with Crippen molar-refractivity contribution < 1.29 is 14.6 Å². The Morgan fingerprint density at radius 2 is 2.17 bits per heavy atom. The molecule has 0 fully saturated rings. The number of aliphatic carboxylic acids is 1. The Hall–Kier alpha value is -1.22. The van der Waals surface area contributed by atoms with Crippen LogP contribution in [0.4, 0.5) is 0 Å². The number of benzene rings is 1. The van der Waals surface area contributed by atoms with E-state index < -0.39 is 5.97 Å². The highest BCUT2D eigenvalue weighted by Gasteiger charge is 2.14. The lowest BCUT2D eigenvalue weighted by atomic mass is 9.93. The van der Waals surface area contributed by atoms with E-state index in [4.69, 9.17) is 21.4 Å². The van der Waals surface area contributed by atoms with Gasteiger partial charge in [-0.2, -0.15) is 0 Å². The molecule has 0 bridgehead atoms. The third-order valence-electron chi connectivity index (χ3n) is 3.07. The largest absolute Gasteiger partial charge is 0.496 e.